The summed E-state index contributed by atoms with van der Waals surface area (Å²) < 4.78 is 29.4. The molecule has 2 saturated heterocycles. The molecule has 0 unspecified atom stereocenters. The highest BCUT2D eigenvalue weighted by atomic mass is 16.6. The van der Waals surface area contributed by atoms with E-state index >= 15 is 0 Å². The number of hydrogen-bond donors (Lipinski definition) is 3. The second-order valence-electron chi connectivity index (χ2n) is 19.6. The molecule has 1 saturated carbocycles. The van der Waals surface area contributed by atoms with Crippen LogP contribution in [0.3, 0.4) is 0 Å². The van der Waals surface area contributed by atoms with Crippen LogP contribution in [0.15, 0.2) is 47.6 Å². The highest BCUT2D eigenvalue weighted by Crippen LogP contribution is 2.38. The van der Waals surface area contributed by atoms with E-state index in [9.17, 15) is 39.3 Å². The topological polar surface area (TPSA) is 195 Å². The SMILES string of the molecule is CO[C@H]1C[C@@H]2CC[C@@H](C)[C@@](O)(O2)C(=O)C(=O)N2CCCC[C@H]2C(=O)O[C@H]([C@@H](C)C[C@@H]2CC[C@@H](O)[C@H](OC)C2)CC(=O)[C@H](C)C=C(C)[C@@H](O)[C@@H](OC)C(=O)[C@H](C)C[C@H](C)C=CC=CC=C1C. The Morgan fingerprint density at radius 3 is 2.25 bits per heavy atom. The monoisotopic (exact) mass is 914 g/mol. The van der Waals surface area contributed by atoms with Crippen LogP contribution in [-0.2, 0) is 47.7 Å². The molecule has 2 bridgehead atoms. The van der Waals surface area contributed by atoms with Gasteiger partial charge >= 0.3 is 5.97 Å². The van der Waals surface area contributed by atoms with Gasteiger partial charge in [0, 0.05) is 58.5 Å². The zero-order chi connectivity index (χ0) is 48.2. The number of carbonyl (C=O) groups excluding carboxylic acids is 5. The Bertz CT molecular complexity index is 1760. The first kappa shape index (κ1) is 54.2. The quantitative estimate of drug-likeness (QED) is 0.156. The van der Waals surface area contributed by atoms with Crippen molar-refractivity contribution in [2.45, 2.75) is 180 Å². The highest BCUT2D eigenvalue weighted by Gasteiger charge is 2.53. The number of allylic oxidation sites excluding steroid dienone is 6. The van der Waals surface area contributed by atoms with Crippen LogP contribution in [0.2, 0.25) is 0 Å². The molecule has 366 valence electrons. The van der Waals surface area contributed by atoms with Crippen LogP contribution >= 0.6 is 0 Å². The summed E-state index contributed by atoms with van der Waals surface area (Å²) in [4.78, 5) is 71.8. The molecule has 14 heteroatoms. The summed E-state index contributed by atoms with van der Waals surface area (Å²) in [5, 5.41) is 33.8. The van der Waals surface area contributed by atoms with Gasteiger partial charge in [0.25, 0.3) is 11.7 Å². The fraction of sp³-hybridized carbons (Fsp3) is 0.745. The third-order valence-electron chi connectivity index (χ3n) is 14.5. The molecule has 3 N–H and O–H groups in total. The molecular formula is C51H79NO13. The molecule has 14 nitrogen and oxygen atoms in total. The Morgan fingerprint density at radius 1 is 0.846 bits per heavy atom. The van der Waals surface area contributed by atoms with E-state index in [1.54, 1.807) is 41.1 Å². The number of cyclic esters (lactones) is 1. The van der Waals surface area contributed by atoms with Crippen molar-refractivity contribution in [3.8, 4) is 0 Å². The van der Waals surface area contributed by atoms with Crippen molar-refractivity contribution in [2.75, 3.05) is 27.9 Å². The molecule has 15 atom stereocenters. The first-order valence-corrected chi connectivity index (χ1v) is 23.9. The lowest BCUT2D eigenvalue weighted by atomic mass is 9.78. The first-order valence-electron chi connectivity index (χ1n) is 23.9. The molecule has 3 aliphatic heterocycles. The lowest BCUT2D eigenvalue weighted by molar-refractivity contribution is -0.265. The Hall–Kier alpha value is -3.37. The van der Waals surface area contributed by atoms with Gasteiger partial charge in [-0.3, -0.25) is 19.2 Å². The van der Waals surface area contributed by atoms with E-state index < -0.39 is 83.9 Å². The fourth-order valence-electron chi connectivity index (χ4n) is 10.1. The van der Waals surface area contributed by atoms with E-state index in [0.29, 0.717) is 63.4 Å². The van der Waals surface area contributed by atoms with Gasteiger partial charge in [-0.1, -0.05) is 71.1 Å². The maximum absolute atomic E-state index is 14.4. The third-order valence-corrected chi connectivity index (χ3v) is 14.5. The zero-order valence-corrected chi connectivity index (χ0v) is 40.6. The molecular weight excluding hydrogens is 835 g/mol. The number of ketones is 3. The lowest BCUT2D eigenvalue weighted by Gasteiger charge is -2.42. The Labute approximate surface area is 387 Å². The average molecular weight is 914 g/mol. The number of aliphatic hydroxyl groups is 3. The molecule has 0 radical (unpaired) electrons. The van der Waals surface area contributed by atoms with Gasteiger partial charge < -0.3 is 43.9 Å². The summed E-state index contributed by atoms with van der Waals surface area (Å²) in [7, 11) is 4.52. The van der Waals surface area contributed by atoms with E-state index in [1.807, 2.05) is 58.1 Å². The Kier molecular flexibility index (Phi) is 21.0. The maximum atomic E-state index is 14.4. The summed E-state index contributed by atoms with van der Waals surface area (Å²) in [5.74, 6) is -7.96. The van der Waals surface area contributed by atoms with Crippen molar-refractivity contribution < 1.29 is 63.0 Å². The van der Waals surface area contributed by atoms with Crippen molar-refractivity contribution in [1.82, 2.24) is 4.90 Å². The van der Waals surface area contributed by atoms with Gasteiger partial charge in [-0.05, 0) is 107 Å². The molecule has 65 heavy (non-hydrogen) atoms. The molecule has 1 amide bonds. The second kappa shape index (κ2) is 25.1. The van der Waals surface area contributed by atoms with Crippen molar-refractivity contribution in [3.05, 3.63) is 47.6 Å². The minimum atomic E-state index is -2.43. The van der Waals surface area contributed by atoms with E-state index in [2.05, 4.69) is 0 Å². The number of nitrogens with zero attached hydrogens (tertiary/aromatic N) is 1. The van der Waals surface area contributed by atoms with Crippen LogP contribution in [0, 0.1) is 35.5 Å². The van der Waals surface area contributed by atoms with Gasteiger partial charge in [-0.2, -0.15) is 0 Å². The molecule has 4 rings (SSSR count). The van der Waals surface area contributed by atoms with Crippen molar-refractivity contribution in [2.24, 2.45) is 35.5 Å². The maximum Gasteiger partial charge on any atom is 0.329 e. The molecule has 0 spiro atoms. The van der Waals surface area contributed by atoms with Crippen LogP contribution in [0.5, 0.6) is 0 Å². The van der Waals surface area contributed by atoms with Crippen LogP contribution in [0.4, 0.5) is 0 Å². The minimum absolute atomic E-state index is 0.0193. The molecule has 3 heterocycles. The van der Waals surface area contributed by atoms with E-state index in [-0.39, 0.29) is 54.8 Å². The first-order chi connectivity index (χ1) is 30.7. The molecule has 3 fully saturated rings. The van der Waals surface area contributed by atoms with E-state index in [4.69, 9.17) is 23.7 Å². The van der Waals surface area contributed by atoms with Gasteiger partial charge in [-0.25, -0.2) is 4.79 Å². The van der Waals surface area contributed by atoms with Crippen molar-refractivity contribution in [1.29, 1.82) is 0 Å². The minimum Gasteiger partial charge on any atom is -0.460 e. The number of amides is 1. The molecule has 0 aromatic carbocycles. The summed E-state index contributed by atoms with van der Waals surface area (Å²) in [5.41, 5.74) is 1.27. The highest BCUT2D eigenvalue weighted by molar-refractivity contribution is 6.39. The van der Waals surface area contributed by atoms with Crippen LogP contribution < -0.4 is 0 Å². The van der Waals surface area contributed by atoms with Crippen LogP contribution in [-0.4, -0.2) is 132 Å². The van der Waals surface area contributed by atoms with Gasteiger partial charge in [0.1, 0.15) is 30.1 Å². The molecule has 1 aliphatic carbocycles. The number of fused-ring (bicyclic) bond motifs is 3. The fourth-order valence-corrected chi connectivity index (χ4v) is 10.1. The number of ether oxygens (including phenoxy) is 5. The largest absolute Gasteiger partial charge is 0.460 e. The summed E-state index contributed by atoms with van der Waals surface area (Å²) in [6, 6.07) is -1.14. The third kappa shape index (κ3) is 14.3. The average Bonchev–Trinajstić information content (AvgIpc) is 3.28. The number of aliphatic hydroxyl groups excluding tert-OH is 2. The van der Waals surface area contributed by atoms with Gasteiger partial charge in [0.15, 0.2) is 5.78 Å². The van der Waals surface area contributed by atoms with Gasteiger partial charge in [-0.15, -0.1) is 0 Å². The predicted octanol–water partition coefficient (Wildman–Crippen LogP) is 6.18. The number of piperidine rings is 1. The second-order valence-corrected chi connectivity index (χ2v) is 19.6. The smallest absolute Gasteiger partial charge is 0.329 e. The zero-order valence-electron chi connectivity index (χ0n) is 40.6. The number of Topliss-reactive ketones (excluding diaryl/α,β-unsaturated/α-hetero) is 3. The van der Waals surface area contributed by atoms with E-state index in [1.165, 1.54) is 12.0 Å². The Morgan fingerprint density at radius 2 is 1.57 bits per heavy atom. The van der Waals surface area contributed by atoms with Crippen molar-refractivity contribution >= 4 is 29.2 Å². The van der Waals surface area contributed by atoms with Crippen LogP contribution in [0.25, 0.3) is 0 Å². The van der Waals surface area contributed by atoms with E-state index in [0.717, 1.165) is 12.0 Å². The number of methoxy groups -OCH3 is 3. The number of hydrogen-bond acceptors (Lipinski definition) is 13. The standard InChI is InChI=1S/C51H79NO13/c1-30-16-12-11-13-17-31(2)42(61-8)28-38-21-19-36(7)51(60,65-38)48(57)49(58)52-23-15-14-18-39(52)50(59)64-43(33(4)26-37-20-22-40(53)44(27-37)62-9)29-41(54)32(3)25-35(6)46(56)47(63-10)45(55)34(5)24-30/h11-13,16-17,25,30,32-34,36-40,42-44,46-47,53,56,60H,14-15,18-24,26-29H2,1-10H3/t30-,32-,33+,34-,36-,37+,38+,39+,40-,42+,43+,44-,46-,47+,51-/m1/s1. The summed E-state index contributed by atoms with van der Waals surface area (Å²) in [6.07, 6.45) is 11.2. The summed E-state index contributed by atoms with van der Waals surface area (Å²) in [6.45, 7) is 12.7. The number of esters is 1. The van der Waals surface area contributed by atoms with Crippen molar-refractivity contribution in [3.63, 3.8) is 0 Å². The Balaban J connectivity index is 1.70. The predicted molar refractivity (Wildman–Crippen MR) is 245 cm³/mol. The summed E-state index contributed by atoms with van der Waals surface area (Å²) >= 11 is 0. The molecule has 0 aromatic heterocycles. The normalized spacial score (nSPS) is 37.8. The molecule has 0 aromatic rings. The van der Waals surface area contributed by atoms with Gasteiger partial charge in [0.2, 0.25) is 5.79 Å². The lowest BCUT2D eigenvalue weighted by Crippen LogP contribution is -2.61. The van der Waals surface area contributed by atoms with Gasteiger partial charge in [0.05, 0.1) is 24.4 Å². The molecule has 4 aliphatic rings. The number of carbonyl (C=O) groups is 5. The number of rotatable bonds is 6. The van der Waals surface area contributed by atoms with Crippen LogP contribution in [0.1, 0.15) is 126 Å².